The van der Waals surface area contributed by atoms with E-state index in [0.717, 1.165) is 18.5 Å². The second kappa shape index (κ2) is 5.66. The van der Waals surface area contributed by atoms with Gasteiger partial charge in [-0.15, -0.1) is 0 Å². The third kappa shape index (κ3) is 3.46. The Labute approximate surface area is 120 Å². The van der Waals surface area contributed by atoms with Gasteiger partial charge in [0.2, 0.25) is 0 Å². The highest BCUT2D eigenvalue weighted by molar-refractivity contribution is 7.91. The zero-order valence-electron chi connectivity index (χ0n) is 11.5. The van der Waals surface area contributed by atoms with E-state index in [1.165, 1.54) is 12.8 Å². The van der Waals surface area contributed by atoms with E-state index in [-0.39, 0.29) is 6.04 Å². The first-order valence-electron chi connectivity index (χ1n) is 7.17. The average Bonchev–Trinajstić information content (AvgIpc) is 3.20. The fourth-order valence-electron chi connectivity index (χ4n) is 2.82. The molecule has 1 aromatic rings. The summed E-state index contributed by atoms with van der Waals surface area (Å²) >= 11 is 0. The molecule has 0 aromatic carbocycles. The molecule has 5 heteroatoms. The Morgan fingerprint density at radius 1 is 1.20 bits per heavy atom. The summed E-state index contributed by atoms with van der Waals surface area (Å²) in [6.45, 7) is 0.840. The Balaban J connectivity index is 1.62. The van der Waals surface area contributed by atoms with Crippen LogP contribution in [-0.4, -0.2) is 48.4 Å². The van der Waals surface area contributed by atoms with Crippen LogP contribution < -0.4 is 0 Å². The molecule has 1 aliphatic carbocycles. The Bertz CT molecular complexity index is 579. The molecule has 0 amide bonds. The predicted octanol–water partition coefficient (Wildman–Crippen LogP) is 1.75. The van der Waals surface area contributed by atoms with Crippen LogP contribution in [0.2, 0.25) is 0 Å². The number of hydrogen-bond donors (Lipinski definition) is 0. The molecule has 0 radical (unpaired) electrons. The largest absolute Gasteiger partial charge is 0.293 e. The minimum Gasteiger partial charge on any atom is -0.293 e. The zero-order chi connectivity index (χ0) is 14.0. The van der Waals surface area contributed by atoms with E-state index in [1.54, 1.807) is 12.4 Å². The van der Waals surface area contributed by atoms with Crippen LogP contribution in [0.1, 0.15) is 24.8 Å². The van der Waals surface area contributed by atoms with E-state index in [1.807, 2.05) is 12.1 Å². The maximum Gasteiger partial charge on any atom is 0.151 e. The summed E-state index contributed by atoms with van der Waals surface area (Å²) in [5.74, 6) is 0.696. The van der Waals surface area contributed by atoms with Crippen LogP contribution in [0.15, 0.2) is 30.6 Å². The number of pyridine rings is 1. The molecular weight excluding hydrogens is 272 g/mol. The molecule has 0 N–H and O–H groups in total. The maximum absolute atomic E-state index is 11.6. The SMILES string of the molecule is O=S1(=O)CCC(N(CC=Cc2ccncc2)C2CC2)C1. The van der Waals surface area contributed by atoms with Gasteiger partial charge in [0, 0.05) is 31.0 Å². The van der Waals surface area contributed by atoms with Crippen molar-refractivity contribution in [3.63, 3.8) is 0 Å². The minimum atomic E-state index is -2.80. The Hall–Kier alpha value is -1.20. The van der Waals surface area contributed by atoms with Gasteiger partial charge in [-0.25, -0.2) is 8.42 Å². The molecule has 20 heavy (non-hydrogen) atoms. The lowest BCUT2D eigenvalue weighted by molar-refractivity contribution is 0.225. The van der Waals surface area contributed by atoms with Crippen molar-refractivity contribution < 1.29 is 8.42 Å². The average molecular weight is 292 g/mol. The van der Waals surface area contributed by atoms with Gasteiger partial charge in [0.15, 0.2) is 9.84 Å². The van der Waals surface area contributed by atoms with Crippen molar-refractivity contribution in [3.05, 3.63) is 36.2 Å². The number of rotatable bonds is 5. The van der Waals surface area contributed by atoms with Crippen LogP contribution in [0.3, 0.4) is 0 Å². The maximum atomic E-state index is 11.6. The molecule has 0 spiro atoms. The van der Waals surface area contributed by atoms with Crippen molar-refractivity contribution in [1.82, 2.24) is 9.88 Å². The highest BCUT2D eigenvalue weighted by atomic mass is 32.2. The molecule has 2 fully saturated rings. The Kier molecular flexibility index (Phi) is 3.89. The van der Waals surface area contributed by atoms with E-state index in [9.17, 15) is 8.42 Å². The van der Waals surface area contributed by atoms with Gasteiger partial charge in [-0.05, 0) is 37.0 Å². The van der Waals surface area contributed by atoms with E-state index in [0.29, 0.717) is 17.5 Å². The molecule has 3 rings (SSSR count). The number of sulfone groups is 1. The highest BCUT2D eigenvalue weighted by Gasteiger charge is 2.38. The van der Waals surface area contributed by atoms with Crippen molar-refractivity contribution in [1.29, 1.82) is 0 Å². The second-order valence-electron chi connectivity index (χ2n) is 5.67. The Morgan fingerprint density at radius 3 is 2.55 bits per heavy atom. The summed E-state index contributed by atoms with van der Waals surface area (Å²) in [5.41, 5.74) is 1.13. The lowest BCUT2D eigenvalue weighted by atomic mass is 10.2. The van der Waals surface area contributed by atoms with Crippen molar-refractivity contribution in [2.75, 3.05) is 18.1 Å². The van der Waals surface area contributed by atoms with Gasteiger partial charge in [0.1, 0.15) is 0 Å². The number of hydrogen-bond acceptors (Lipinski definition) is 4. The molecule has 4 nitrogen and oxygen atoms in total. The molecule has 2 aliphatic rings. The van der Waals surface area contributed by atoms with Crippen LogP contribution >= 0.6 is 0 Å². The highest BCUT2D eigenvalue weighted by Crippen LogP contribution is 2.32. The smallest absolute Gasteiger partial charge is 0.151 e. The van der Waals surface area contributed by atoms with Gasteiger partial charge >= 0.3 is 0 Å². The van der Waals surface area contributed by atoms with Gasteiger partial charge in [-0.1, -0.05) is 12.2 Å². The van der Waals surface area contributed by atoms with Crippen LogP contribution in [0.4, 0.5) is 0 Å². The van der Waals surface area contributed by atoms with Crippen molar-refractivity contribution in [2.24, 2.45) is 0 Å². The monoisotopic (exact) mass is 292 g/mol. The first kappa shape index (κ1) is 13.8. The second-order valence-corrected chi connectivity index (χ2v) is 7.90. The number of nitrogens with zero attached hydrogens (tertiary/aromatic N) is 2. The lowest BCUT2D eigenvalue weighted by Gasteiger charge is -2.26. The predicted molar refractivity (Wildman–Crippen MR) is 80.1 cm³/mol. The standard InChI is InChI=1S/C15H20N2O2S/c18-20(19)11-7-15(12-20)17(14-3-4-14)10-1-2-13-5-8-16-9-6-13/h1-2,5-6,8-9,14-15H,3-4,7,10-12H2. The third-order valence-electron chi connectivity index (χ3n) is 4.03. The van der Waals surface area contributed by atoms with E-state index < -0.39 is 9.84 Å². The quantitative estimate of drug-likeness (QED) is 0.829. The van der Waals surface area contributed by atoms with Crippen LogP contribution in [0.5, 0.6) is 0 Å². The molecule has 108 valence electrons. The first-order chi connectivity index (χ1) is 9.64. The van der Waals surface area contributed by atoms with Crippen LogP contribution in [0.25, 0.3) is 6.08 Å². The summed E-state index contributed by atoms with van der Waals surface area (Å²) in [6.07, 6.45) is 11.0. The molecule has 1 saturated carbocycles. The summed E-state index contributed by atoms with van der Waals surface area (Å²) in [4.78, 5) is 6.37. The Morgan fingerprint density at radius 2 is 1.95 bits per heavy atom. The molecule has 1 saturated heterocycles. The topological polar surface area (TPSA) is 50.3 Å². The fourth-order valence-corrected chi connectivity index (χ4v) is 4.57. The third-order valence-corrected chi connectivity index (χ3v) is 5.78. The van der Waals surface area contributed by atoms with Crippen LogP contribution in [0, 0.1) is 0 Å². The van der Waals surface area contributed by atoms with Gasteiger partial charge in [0.05, 0.1) is 11.5 Å². The fraction of sp³-hybridized carbons (Fsp3) is 0.533. The molecule has 2 heterocycles. The van der Waals surface area contributed by atoms with Crippen molar-refractivity contribution in [2.45, 2.75) is 31.3 Å². The zero-order valence-corrected chi connectivity index (χ0v) is 12.3. The van der Waals surface area contributed by atoms with E-state index in [2.05, 4.69) is 22.0 Å². The molecule has 1 atom stereocenters. The van der Waals surface area contributed by atoms with Crippen molar-refractivity contribution >= 4 is 15.9 Å². The first-order valence-corrected chi connectivity index (χ1v) is 8.99. The van der Waals surface area contributed by atoms with Gasteiger partial charge in [-0.3, -0.25) is 9.88 Å². The summed E-state index contributed by atoms with van der Waals surface area (Å²) < 4.78 is 23.3. The molecular formula is C15H20N2O2S. The summed E-state index contributed by atoms with van der Waals surface area (Å²) in [6, 6.07) is 4.75. The minimum absolute atomic E-state index is 0.217. The molecule has 1 aromatic heterocycles. The van der Waals surface area contributed by atoms with Gasteiger partial charge < -0.3 is 0 Å². The molecule has 1 aliphatic heterocycles. The van der Waals surface area contributed by atoms with Crippen molar-refractivity contribution in [3.8, 4) is 0 Å². The molecule has 1 unspecified atom stereocenters. The van der Waals surface area contributed by atoms with E-state index in [4.69, 9.17) is 0 Å². The summed E-state index contributed by atoms with van der Waals surface area (Å²) in [5, 5.41) is 0. The van der Waals surface area contributed by atoms with Gasteiger partial charge in [-0.2, -0.15) is 0 Å². The van der Waals surface area contributed by atoms with Crippen LogP contribution in [-0.2, 0) is 9.84 Å². The van der Waals surface area contributed by atoms with E-state index >= 15 is 0 Å². The van der Waals surface area contributed by atoms with Gasteiger partial charge in [0.25, 0.3) is 0 Å². The number of aromatic nitrogens is 1. The molecule has 0 bridgehead atoms. The summed E-state index contributed by atoms with van der Waals surface area (Å²) in [7, 11) is -2.80. The lowest BCUT2D eigenvalue weighted by Crippen LogP contribution is -2.38. The normalized spacial score (nSPS) is 25.6.